The van der Waals surface area contributed by atoms with Gasteiger partial charge in [0.25, 0.3) is 5.91 Å². The predicted molar refractivity (Wildman–Crippen MR) is 72.4 cm³/mol. The molecule has 0 saturated heterocycles. The lowest BCUT2D eigenvalue weighted by atomic mass is 10.2. The first-order valence-corrected chi connectivity index (χ1v) is 5.66. The average molecular weight is 252 g/mol. The zero-order valence-corrected chi connectivity index (χ0v) is 10.1. The summed E-state index contributed by atoms with van der Waals surface area (Å²) in [5, 5.41) is 2.70. The van der Waals surface area contributed by atoms with E-state index in [9.17, 15) is 4.79 Å². The molecule has 2 aromatic rings. The Labute approximate surface area is 110 Å². The van der Waals surface area contributed by atoms with Crippen molar-refractivity contribution in [3.8, 4) is 11.8 Å². The molecule has 0 aromatic carbocycles. The number of carbonyl (C=O) groups excluding carboxylic acids is 1. The minimum atomic E-state index is -0.237. The zero-order chi connectivity index (χ0) is 13.5. The van der Waals surface area contributed by atoms with Gasteiger partial charge in [0.1, 0.15) is 5.82 Å². The van der Waals surface area contributed by atoms with Crippen LogP contribution in [0, 0.1) is 11.8 Å². The first kappa shape index (κ1) is 12.7. The van der Waals surface area contributed by atoms with Crippen LogP contribution in [0.15, 0.2) is 42.9 Å². The maximum absolute atomic E-state index is 11.9. The smallest absolute Gasteiger partial charge is 0.256 e. The molecular weight excluding hydrogens is 240 g/mol. The summed E-state index contributed by atoms with van der Waals surface area (Å²) in [7, 11) is 0. The second-order valence-electron chi connectivity index (χ2n) is 3.63. The van der Waals surface area contributed by atoms with E-state index in [-0.39, 0.29) is 5.91 Å². The van der Waals surface area contributed by atoms with Gasteiger partial charge in [0.15, 0.2) is 0 Å². The lowest BCUT2D eigenvalue weighted by molar-refractivity contribution is 0.102. The number of nitrogens with one attached hydrogen (secondary N) is 1. The van der Waals surface area contributed by atoms with E-state index in [4.69, 9.17) is 5.73 Å². The van der Waals surface area contributed by atoms with Gasteiger partial charge in [-0.15, -0.1) is 0 Å². The molecule has 2 aromatic heterocycles. The highest BCUT2D eigenvalue weighted by Gasteiger charge is 2.05. The van der Waals surface area contributed by atoms with Crippen molar-refractivity contribution in [1.82, 2.24) is 9.97 Å². The van der Waals surface area contributed by atoms with Gasteiger partial charge in [-0.05, 0) is 24.3 Å². The lowest BCUT2D eigenvalue weighted by Crippen LogP contribution is -2.12. The lowest BCUT2D eigenvalue weighted by Gasteiger charge is -2.04. The molecule has 5 heteroatoms. The maximum Gasteiger partial charge on any atom is 0.256 e. The third kappa shape index (κ3) is 3.63. The quantitative estimate of drug-likeness (QED) is 0.782. The number of pyridine rings is 2. The van der Waals surface area contributed by atoms with Crippen LogP contribution in [0.4, 0.5) is 5.82 Å². The van der Waals surface area contributed by atoms with Crippen molar-refractivity contribution in [3.05, 3.63) is 54.0 Å². The zero-order valence-electron chi connectivity index (χ0n) is 10.1. The number of rotatable bonds is 2. The van der Waals surface area contributed by atoms with Crippen molar-refractivity contribution >= 4 is 11.7 Å². The van der Waals surface area contributed by atoms with E-state index in [0.29, 0.717) is 17.9 Å². The fourth-order valence-corrected chi connectivity index (χ4v) is 1.42. The molecule has 5 nitrogen and oxygen atoms in total. The van der Waals surface area contributed by atoms with Crippen LogP contribution >= 0.6 is 0 Å². The summed E-state index contributed by atoms with van der Waals surface area (Å²) < 4.78 is 0. The SMILES string of the molecule is NCC#Cc1ccnc(NC(=O)c2ccncc2)c1. The fourth-order valence-electron chi connectivity index (χ4n) is 1.42. The van der Waals surface area contributed by atoms with Gasteiger partial charge >= 0.3 is 0 Å². The van der Waals surface area contributed by atoms with Crippen LogP contribution in [0.5, 0.6) is 0 Å². The third-order valence-electron chi connectivity index (χ3n) is 2.28. The normalized spacial score (nSPS) is 9.32. The van der Waals surface area contributed by atoms with E-state index < -0.39 is 0 Å². The number of nitrogens with two attached hydrogens (primary N) is 1. The third-order valence-corrected chi connectivity index (χ3v) is 2.28. The summed E-state index contributed by atoms with van der Waals surface area (Å²) in [6.45, 7) is 0.293. The van der Waals surface area contributed by atoms with Gasteiger partial charge < -0.3 is 11.1 Å². The Morgan fingerprint density at radius 3 is 2.79 bits per heavy atom. The molecule has 0 aliphatic heterocycles. The molecule has 0 atom stereocenters. The highest BCUT2D eigenvalue weighted by Crippen LogP contribution is 2.08. The molecule has 3 N–H and O–H groups in total. The number of hydrogen-bond donors (Lipinski definition) is 2. The number of amides is 1. The second-order valence-corrected chi connectivity index (χ2v) is 3.63. The van der Waals surface area contributed by atoms with Gasteiger partial charge in [-0.25, -0.2) is 4.98 Å². The molecule has 0 saturated carbocycles. The molecule has 0 spiro atoms. The summed E-state index contributed by atoms with van der Waals surface area (Å²) >= 11 is 0. The standard InChI is InChI=1S/C14H12N4O/c15-6-1-2-11-3-9-17-13(10-11)18-14(19)12-4-7-16-8-5-12/h3-5,7-10H,6,15H2,(H,17,18,19). The molecule has 94 valence electrons. The summed E-state index contributed by atoms with van der Waals surface area (Å²) in [6.07, 6.45) is 4.71. The van der Waals surface area contributed by atoms with Crippen molar-refractivity contribution in [3.63, 3.8) is 0 Å². The van der Waals surface area contributed by atoms with Crippen LogP contribution in [0.1, 0.15) is 15.9 Å². The first-order chi connectivity index (χ1) is 9.29. The summed E-state index contributed by atoms with van der Waals surface area (Å²) in [5.41, 5.74) is 6.58. The minimum absolute atomic E-state index is 0.237. The van der Waals surface area contributed by atoms with Gasteiger partial charge in [0.2, 0.25) is 0 Å². The highest BCUT2D eigenvalue weighted by atomic mass is 16.1. The van der Waals surface area contributed by atoms with Gasteiger partial charge in [0, 0.05) is 29.7 Å². The van der Waals surface area contributed by atoms with Crippen LogP contribution in [0.3, 0.4) is 0 Å². The first-order valence-electron chi connectivity index (χ1n) is 5.66. The van der Waals surface area contributed by atoms with Crippen LogP contribution in [0.25, 0.3) is 0 Å². The van der Waals surface area contributed by atoms with Crippen molar-refractivity contribution in [2.75, 3.05) is 11.9 Å². The Morgan fingerprint density at radius 2 is 2.05 bits per heavy atom. The topological polar surface area (TPSA) is 80.9 Å². The van der Waals surface area contributed by atoms with E-state index in [1.807, 2.05) is 0 Å². The van der Waals surface area contributed by atoms with Crippen molar-refractivity contribution in [2.45, 2.75) is 0 Å². The molecular formula is C14H12N4O. The molecule has 0 fully saturated rings. The average Bonchev–Trinajstić information content (AvgIpc) is 2.46. The molecule has 0 unspecified atom stereocenters. The number of nitrogens with zero attached hydrogens (tertiary/aromatic N) is 2. The van der Waals surface area contributed by atoms with Crippen molar-refractivity contribution in [2.24, 2.45) is 5.73 Å². The van der Waals surface area contributed by atoms with E-state index in [2.05, 4.69) is 27.1 Å². The van der Waals surface area contributed by atoms with E-state index >= 15 is 0 Å². The Kier molecular flexibility index (Phi) is 4.21. The molecule has 0 aliphatic rings. The highest BCUT2D eigenvalue weighted by molar-refractivity contribution is 6.03. The Bertz CT molecular complexity index is 629. The van der Waals surface area contributed by atoms with Crippen molar-refractivity contribution < 1.29 is 4.79 Å². The molecule has 0 bridgehead atoms. The number of hydrogen-bond acceptors (Lipinski definition) is 4. The largest absolute Gasteiger partial charge is 0.320 e. The monoisotopic (exact) mass is 252 g/mol. The van der Waals surface area contributed by atoms with Gasteiger partial charge in [-0.2, -0.15) is 0 Å². The van der Waals surface area contributed by atoms with Gasteiger partial charge in [0.05, 0.1) is 6.54 Å². The summed E-state index contributed by atoms with van der Waals surface area (Å²) in [4.78, 5) is 19.8. The second kappa shape index (κ2) is 6.28. The predicted octanol–water partition coefficient (Wildman–Crippen LogP) is 1.04. The summed E-state index contributed by atoms with van der Waals surface area (Å²) in [6, 6.07) is 6.72. The molecule has 19 heavy (non-hydrogen) atoms. The number of anilines is 1. The van der Waals surface area contributed by atoms with E-state index in [0.717, 1.165) is 5.56 Å². The molecule has 2 rings (SSSR count). The number of aromatic nitrogens is 2. The Hall–Kier alpha value is -2.71. The fraction of sp³-hybridized carbons (Fsp3) is 0.0714. The van der Waals surface area contributed by atoms with Crippen molar-refractivity contribution in [1.29, 1.82) is 0 Å². The van der Waals surface area contributed by atoms with Gasteiger partial charge in [-0.1, -0.05) is 11.8 Å². The van der Waals surface area contributed by atoms with Crippen LogP contribution < -0.4 is 11.1 Å². The van der Waals surface area contributed by atoms with E-state index in [1.54, 1.807) is 42.9 Å². The maximum atomic E-state index is 11.9. The van der Waals surface area contributed by atoms with Gasteiger partial charge in [-0.3, -0.25) is 9.78 Å². The van der Waals surface area contributed by atoms with Crippen LogP contribution in [-0.4, -0.2) is 22.4 Å². The molecule has 0 radical (unpaired) electrons. The van der Waals surface area contributed by atoms with Crippen LogP contribution in [-0.2, 0) is 0 Å². The summed E-state index contributed by atoms with van der Waals surface area (Å²) in [5.74, 6) is 5.84. The Morgan fingerprint density at radius 1 is 1.26 bits per heavy atom. The molecule has 0 aliphatic carbocycles. The molecule has 1 amide bonds. The molecule has 2 heterocycles. The van der Waals surface area contributed by atoms with Crippen LogP contribution in [0.2, 0.25) is 0 Å². The number of carbonyl (C=O) groups is 1. The Balaban J connectivity index is 2.13. The minimum Gasteiger partial charge on any atom is -0.320 e. The van der Waals surface area contributed by atoms with E-state index in [1.165, 1.54) is 0 Å².